The Morgan fingerprint density at radius 1 is 1.00 bits per heavy atom. The van der Waals surface area contributed by atoms with Crippen molar-refractivity contribution in [2.24, 2.45) is 0 Å². The molecule has 2 rings (SSSR count). The monoisotopic (exact) mass is 272 g/mol. The second kappa shape index (κ2) is 7.28. The average Bonchev–Trinajstić information content (AvgIpc) is 2.47. The average molecular weight is 272 g/mol. The number of nitrogens with one attached hydrogen (secondary N) is 2. The van der Waals surface area contributed by atoms with E-state index in [1.165, 1.54) is 17.7 Å². The van der Waals surface area contributed by atoms with Crippen molar-refractivity contribution >= 4 is 11.7 Å². The van der Waals surface area contributed by atoms with E-state index in [2.05, 4.69) is 22.8 Å². The molecule has 0 saturated heterocycles. The molecule has 0 bridgehead atoms. The second-order valence-corrected chi connectivity index (χ2v) is 4.45. The Kier molecular flexibility index (Phi) is 5.12. The molecular weight excluding hydrogens is 255 g/mol. The summed E-state index contributed by atoms with van der Waals surface area (Å²) in [6.45, 7) is 0.551. The van der Waals surface area contributed by atoms with Crippen LogP contribution in [0.25, 0.3) is 0 Å². The maximum absolute atomic E-state index is 13.3. The number of aryl methyl sites for hydroxylation is 1. The van der Waals surface area contributed by atoms with Crippen LogP contribution in [0, 0.1) is 5.82 Å². The van der Waals surface area contributed by atoms with Crippen LogP contribution in [-0.2, 0) is 6.42 Å². The summed E-state index contributed by atoms with van der Waals surface area (Å²) in [5.41, 5.74) is 1.43. The molecule has 3 nitrogen and oxygen atoms in total. The molecule has 2 aromatic rings. The highest BCUT2D eigenvalue weighted by Gasteiger charge is 2.04. The molecule has 0 spiro atoms. The zero-order chi connectivity index (χ0) is 14.2. The van der Waals surface area contributed by atoms with Crippen molar-refractivity contribution in [1.82, 2.24) is 5.32 Å². The summed E-state index contributed by atoms with van der Waals surface area (Å²) in [6.07, 6.45) is 1.75. The third kappa shape index (κ3) is 4.39. The predicted octanol–water partition coefficient (Wildman–Crippen LogP) is 3.58. The lowest BCUT2D eigenvalue weighted by molar-refractivity contribution is 0.252. The lowest BCUT2D eigenvalue weighted by atomic mass is 10.1. The molecule has 2 N–H and O–H groups in total. The topological polar surface area (TPSA) is 41.1 Å². The van der Waals surface area contributed by atoms with Gasteiger partial charge in [0.2, 0.25) is 0 Å². The van der Waals surface area contributed by atoms with Crippen molar-refractivity contribution in [3.05, 3.63) is 66.0 Å². The standard InChI is InChI=1S/C16H17FN2O/c17-14-10-4-5-11-15(14)19-16(20)18-12-6-9-13-7-2-1-3-8-13/h1-5,7-8,10-11H,6,9,12H2,(H2,18,19,20). The number of amides is 2. The molecule has 2 amide bonds. The minimum absolute atomic E-state index is 0.188. The highest BCUT2D eigenvalue weighted by atomic mass is 19.1. The van der Waals surface area contributed by atoms with Gasteiger partial charge in [-0.05, 0) is 30.5 Å². The number of para-hydroxylation sites is 1. The van der Waals surface area contributed by atoms with Gasteiger partial charge in [0.25, 0.3) is 0 Å². The molecule has 2 aromatic carbocycles. The van der Waals surface area contributed by atoms with Crippen molar-refractivity contribution < 1.29 is 9.18 Å². The van der Waals surface area contributed by atoms with Crippen LogP contribution in [0.3, 0.4) is 0 Å². The summed E-state index contributed by atoms with van der Waals surface area (Å²) in [6, 6.07) is 15.8. The summed E-state index contributed by atoms with van der Waals surface area (Å²) in [7, 11) is 0. The molecule has 0 aromatic heterocycles. The van der Waals surface area contributed by atoms with Gasteiger partial charge < -0.3 is 10.6 Å². The molecule has 104 valence electrons. The van der Waals surface area contributed by atoms with Gasteiger partial charge in [-0.2, -0.15) is 0 Å². The number of urea groups is 1. The number of anilines is 1. The fourth-order valence-corrected chi connectivity index (χ4v) is 1.87. The first kappa shape index (κ1) is 14.1. The molecule has 20 heavy (non-hydrogen) atoms. The van der Waals surface area contributed by atoms with Crippen LogP contribution in [0.15, 0.2) is 54.6 Å². The minimum atomic E-state index is -0.438. The third-order valence-electron chi connectivity index (χ3n) is 2.89. The number of rotatable bonds is 5. The number of hydrogen-bond donors (Lipinski definition) is 2. The normalized spacial score (nSPS) is 10.1. The van der Waals surface area contributed by atoms with E-state index in [-0.39, 0.29) is 11.7 Å². The van der Waals surface area contributed by atoms with Gasteiger partial charge in [0.15, 0.2) is 0 Å². The number of carbonyl (C=O) groups is 1. The molecule has 0 radical (unpaired) electrons. The van der Waals surface area contributed by atoms with E-state index < -0.39 is 5.82 Å². The van der Waals surface area contributed by atoms with Gasteiger partial charge in [-0.3, -0.25) is 0 Å². The largest absolute Gasteiger partial charge is 0.338 e. The molecule has 0 saturated carbocycles. The number of hydrogen-bond acceptors (Lipinski definition) is 1. The fourth-order valence-electron chi connectivity index (χ4n) is 1.87. The van der Waals surface area contributed by atoms with Crippen molar-refractivity contribution in [3.63, 3.8) is 0 Å². The fraction of sp³-hybridized carbons (Fsp3) is 0.188. The van der Waals surface area contributed by atoms with E-state index in [4.69, 9.17) is 0 Å². The van der Waals surface area contributed by atoms with Crippen LogP contribution in [0.1, 0.15) is 12.0 Å². The van der Waals surface area contributed by atoms with Crippen LogP contribution >= 0.6 is 0 Å². The molecule has 0 unspecified atom stereocenters. The molecule has 0 aliphatic rings. The van der Waals surface area contributed by atoms with Crippen LogP contribution in [0.4, 0.5) is 14.9 Å². The van der Waals surface area contributed by atoms with Gasteiger partial charge in [-0.15, -0.1) is 0 Å². The molecule has 0 atom stereocenters. The van der Waals surface area contributed by atoms with Gasteiger partial charge in [0, 0.05) is 6.54 Å². The zero-order valence-corrected chi connectivity index (χ0v) is 11.1. The van der Waals surface area contributed by atoms with Gasteiger partial charge in [-0.25, -0.2) is 9.18 Å². The van der Waals surface area contributed by atoms with E-state index in [0.29, 0.717) is 6.54 Å². The minimum Gasteiger partial charge on any atom is -0.338 e. The maximum atomic E-state index is 13.3. The Bertz CT molecular complexity index is 557. The Morgan fingerprint density at radius 2 is 1.70 bits per heavy atom. The van der Waals surface area contributed by atoms with Gasteiger partial charge in [-0.1, -0.05) is 42.5 Å². The smallest absolute Gasteiger partial charge is 0.319 e. The molecule has 0 aliphatic carbocycles. The van der Waals surface area contributed by atoms with E-state index >= 15 is 0 Å². The van der Waals surface area contributed by atoms with E-state index in [9.17, 15) is 9.18 Å². The number of benzene rings is 2. The first-order valence-electron chi connectivity index (χ1n) is 6.59. The summed E-state index contributed by atoms with van der Waals surface area (Å²) in [5.74, 6) is -0.438. The Labute approximate surface area is 117 Å². The number of halogens is 1. The third-order valence-corrected chi connectivity index (χ3v) is 2.89. The molecular formula is C16H17FN2O. The predicted molar refractivity (Wildman–Crippen MR) is 78.2 cm³/mol. The SMILES string of the molecule is O=C(NCCCc1ccccc1)Nc1ccccc1F. The van der Waals surface area contributed by atoms with Crippen LogP contribution < -0.4 is 10.6 Å². The van der Waals surface area contributed by atoms with E-state index in [1.54, 1.807) is 12.1 Å². The molecule has 0 aliphatic heterocycles. The molecule has 0 heterocycles. The molecule has 0 fully saturated rings. The Balaban J connectivity index is 1.69. The van der Waals surface area contributed by atoms with Crippen LogP contribution in [0.2, 0.25) is 0 Å². The van der Waals surface area contributed by atoms with Crippen molar-refractivity contribution in [3.8, 4) is 0 Å². The van der Waals surface area contributed by atoms with Crippen molar-refractivity contribution in [2.45, 2.75) is 12.8 Å². The van der Waals surface area contributed by atoms with E-state index in [0.717, 1.165) is 12.8 Å². The first-order valence-corrected chi connectivity index (χ1v) is 6.59. The lowest BCUT2D eigenvalue weighted by Gasteiger charge is -2.08. The molecule has 4 heteroatoms. The van der Waals surface area contributed by atoms with Gasteiger partial charge >= 0.3 is 6.03 Å². The first-order chi connectivity index (χ1) is 9.75. The summed E-state index contributed by atoms with van der Waals surface area (Å²) in [5, 5.41) is 5.20. The van der Waals surface area contributed by atoms with Crippen LogP contribution in [-0.4, -0.2) is 12.6 Å². The summed E-state index contributed by atoms with van der Waals surface area (Å²) < 4.78 is 13.3. The maximum Gasteiger partial charge on any atom is 0.319 e. The zero-order valence-electron chi connectivity index (χ0n) is 11.1. The highest BCUT2D eigenvalue weighted by molar-refractivity contribution is 5.89. The summed E-state index contributed by atoms with van der Waals surface area (Å²) >= 11 is 0. The second-order valence-electron chi connectivity index (χ2n) is 4.45. The Morgan fingerprint density at radius 3 is 2.45 bits per heavy atom. The highest BCUT2D eigenvalue weighted by Crippen LogP contribution is 2.11. The van der Waals surface area contributed by atoms with Crippen molar-refractivity contribution in [2.75, 3.05) is 11.9 Å². The van der Waals surface area contributed by atoms with Gasteiger partial charge in [0.1, 0.15) is 5.82 Å². The summed E-state index contributed by atoms with van der Waals surface area (Å²) in [4.78, 5) is 11.6. The van der Waals surface area contributed by atoms with E-state index in [1.807, 2.05) is 18.2 Å². The van der Waals surface area contributed by atoms with Gasteiger partial charge in [0.05, 0.1) is 5.69 Å². The Hall–Kier alpha value is -2.36. The van der Waals surface area contributed by atoms with Crippen molar-refractivity contribution in [1.29, 1.82) is 0 Å². The van der Waals surface area contributed by atoms with Crippen LogP contribution in [0.5, 0.6) is 0 Å². The number of carbonyl (C=O) groups excluding carboxylic acids is 1. The quantitative estimate of drug-likeness (QED) is 0.802. The lowest BCUT2D eigenvalue weighted by Crippen LogP contribution is -2.30.